The number of phenols is 1. The van der Waals surface area contributed by atoms with Crippen LogP contribution in [-0.4, -0.2) is 10.2 Å². The molecule has 0 amide bonds. The van der Waals surface area contributed by atoms with Crippen LogP contribution in [0, 0.1) is 11.6 Å². The molecular formula is C7H6F2N2OS. The number of nitrogens with one attached hydrogen (secondary N) is 1. The number of phenolic OH excluding ortho intramolecular Hbond substituents is 1. The van der Waals surface area contributed by atoms with Crippen molar-refractivity contribution >= 4 is 23.0 Å². The molecule has 3 nitrogen and oxygen atoms in total. The average molecular weight is 204 g/mol. The second-order valence-corrected chi connectivity index (χ2v) is 2.72. The number of halogens is 2. The van der Waals surface area contributed by atoms with Gasteiger partial charge in [0, 0.05) is 17.8 Å². The Labute approximate surface area is 78.2 Å². The lowest BCUT2D eigenvalue weighted by Gasteiger charge is -2.04. The van der Waals surface area contributed by atoms with Crippen LogP contribution in [0.25, 0.3) is 0 Å². The summed E-state index contributed by atoms with van der Waals surface area (Å²) in [5.74, 6) is -3.16. The number of hydrogen-bond donors (Lipinski definition) is 3. The minimum atomic E-state index is -1.07. The van der Waals surface area contributed by atoms with E-state index in [2.05, 4.69) is 17.5 Å². The molecule has 13 heavy (non-hydrogen) atoms. The summed E-state index contributed by atoms with van der Waals surface area (Å²) in [4.78, 5) is 0. The number of hydrogen-bond acceptors (Lipinski definition) is 2. The monoisotopic (exact) mass is 204 g/mol. The largest absolute Gasteiger partial charge is 0.503 e. The van der Waals surface area contributed by atoms with E-state index in [0.717, 1.165) is 12.1 Å². The lowest BCUT2D eigenvalue weighted by molar-refractivity contribution is 0.396. The van der Waals surface area contributed by atoms with Crippen molar-refractivity contribution in [2.75, 3.05) is 5.32 Å². The zero-order valence-corrected chi connectivity index (χ0v) is 7.16. The first-order valence-corrected chi connectivity index (χ1v) is 3.66. The molecule has 0 saturated carbocycles. The molecule has 0 heterocycles. The summed E-state index contributed by atoms with van der Waals surface area (Å²) < 4.78 is 25.4. The Morgan fingerprint density at radius 1 is 1.38 bits per heavy atom. The van der Waals surface area contributed by atoms with E-state index in [1.165, 1.54) is 0 Å². The van der Waals surface area contributed by atoms with Crippen LogP contribution in [0.5, 0.6) is 5.75 Å². The summed E-state index contributed by atoms with van der Waals surface area (Å²) in [7, 11) is 0. The van der Waals surface area contributed by atoms with Crippen molar-refractivity contribution in [3.8, 4) is 5.75 Å². The Hall–Kier alpha value is -1.43. The molecule has 1 aromatic rings. The van der Waals surface area contributed by atoms with Crippen molar-refractivity contribution in [3.05, 3.63) is 23.8 Å². The van der Waals surface area contributed by atoms with Gasteiger partial charge in [-0.1, -0.05) is 0 Å². The van der Waals surface area contributed by atoms with Gasteiger partial charge in [0.15, 0.2) is 22.5 Å². The highest BCUT2D eigenvalue weighted by molar-refractivity contribution is 7.80. The summed E-state index contributed by atoms with van der Waals surface area (Å²) >= 11 is 4.46. The van der Waals surface area contributed by atoms with Crippen LogP contribution in [0.3, 0.4) is 0 Å². The van der Waals surface area contributed by atoms with Crippen molar-refractivity contribution in [1.29, 1.82) is 0 Å². The third kappa shape index (κ3) is 2.25. The Morgan fingerprint density at radius 2 is 1.85 bits per heavy atom. The molecule has 0 aliphatic rings. The number of anilines is 1. The van der Waals surface area contributed by atoms with E-state index in [4.69, 9.17) is 10.8 Å². The Bertz CT molecular complexity index is 333. The standard InChI is InChI=1S/C7H6F2N2OS/c8-4-1-3(11-7(10)13)2-5(9)6(4)12/h1-2,12H,(H3,10,11,13). The molecule has 0 fully saturated rings. The molecule has 4 N–H and O–H groups in total. The third-order valence-electron chi connectivity index (χ3n) is 1.28. The molecule has 1 aromatic carbocycles. The fraction of sp³-hybridized carbons (Fsp3) is 0. The highest BCUT2D eigenvalue weighted by Crippen LogP contribution is 2.23. The van der Waals surface area contributed by atoms with Gasteiger partial charge < -0.3 is 16.2 Å². The van der Waals surface area contributed by atoms with Crippen LogP contribution >= 0.6 is 12.2 Å². The van der Waals surface area contributed by atoms with Gasteiger partial charge in [0.25, 0.3) is 0 Å². The Morgan fingerprint density at radius 3 is 2.23 bits per heavy atom. The lowest BCUT2D eigenvalue weighted by Crippen LogP contribution is -2.19. The molecule has 0 unspecified atom stereocenters. The fourth-order valence-electron chi connectivity index (χ4n) is 0.780. The van der Waals surface area contributed by atoms with Gasteiger partial charge in [0.1, 0.15) is 0 Å². The van der Waals surface area contributed by atoms with Gasteiger partial charge in [-0.25, -0.2) is 8.78 Å². The van der Waals surface area contributed by atoms with Crippen LogP contribution in [0.1, 0.15) is 0 Å². The predicted molar refractivity (Wildman–Crippen MR) is 48.4 cm³/mol. The number of thiocarbonyl (C=S) groups is 1. The van der Waals surface area contributed by atoms with Gasteiger partial charge in [-0.3, -0.25) is 0 Å². The molecule has 0 aliphatic carbocycles. The van der Waals surface area contributed by atoms with Crippen LogP contribution in [0.2, 0.25) is 0 Å². The van der Waals surface area contributed by atoms with Crippen molar-refractivity contribution in [1.82, 2.24) is 0 Å². The number of nitrogens with two attached hydrogens (primary N) is 1. The van der Waals surface area contributed by atoms with Gasteiger partial charge in [-0.2, -0.15) is 0 Å². The maximum absolute atomic E-state index is 12.7. The van der Waals surface area contributed by atoms with Crippen molar-refractivity contribution < 1.29 is 13.9 Å². The molecule has 0 bridgehead atoms. The van der Waals surface area contributed by atoms with E-state index >= 15 is 0 Å². The summed E-state index contributed by atoms with van der Waals surface area (Å²) in [5, 5.41) is 10.9. The normalized spacial score (nSPS) is 9.69. The van der Waals surface area contributed by atoms with Gasteiger partial charge >= 0.3 is 0 Å². The molecule has 0 aromatic heterocycles. The maximum atomic E-state index is 12.7. The molecule has 0 saturated heterocycles. The second-order valence-electron chi connectivity index (χ2n) is 2.28. The minimum Gasteiger partial charge on any atom is -0.503 e. The molecule has 0 radical (unpaired) electrons. The van der Waals surface area contributed by atoms with Gasteiger partial charge in [0.05, 0.1) is 0 Å². The number of aromatic hydroxyl groups is 1. The summed E-state index contributed by atoms with van der Waals surface area (Å²) in [6, 6.07) is 1.77. The van der Waals surface area contributed by atoms with Crippen LogP contribution < -0.4 is 11.1 Å². The topological polar surface area (TPSA) is 58.3 Å². The van der Waals surface area contributed by atoms with E-state index < -0.39 is 17.4 Å². The minimum absolute atomic E-state index is 0.0558. The van der Waals surface area contributed by atoms with E-state index in [0.29, 0.717) is 0 Å². The lowest BCUT2D eigenvalue weighted by atomic mass is 10.3. The summed E-state index contributed by atoms with van der Waals surface area (Å²) in [6.07, 6.45) is 0. The molecule has 0 atom stereocenters. The van der Waals surface area contributed by atoms with E-state index in [-0.39, 0.29) is 10.8 Å². The number of benzene rings is 1. The van der Waals surface area contributed by atoms with E-state index in [9.17, 15) is 8.78 Å². The van der Waals surface area contributed by atoms with Crippen molar-refractivity contribution in [2.24, 2.45) is 5.73 Å². The smallest absolute Gasteiger partial charge is 0.187 e. The Kier molecular flexibility index (Phi) is 2.62. The Balaban J connectivity index is 3.06. The van der Waals surface area contributed by atoms with Gasteiger partial charge in [-0.15, -0.1) is 0 Å². The van der Waals surface area contributed by atoms with Crippen molar-refractivity contribution in [3.63, 3.8) is 0 Å². The maximum Gasteiger partial charge on any atom is 0.187 e. The zero-order chi connectivity index (χ0) is 10.0. The molecule has 6 heteroatoms. The predicted octanol–water partition coefficient (Wildman–Crippen LogP) is 1.33. The fourth-order valence-corrected chi connectivity index (χ4v) is 0.898. The van der Waals surface area contributed by atoms with Gasteiger partial charge in [-0.05, 0) is 12.2 Å². The first-order valence-electron chi connectivity index (χ1n) is 3.25. The number of rotatable bonds is 1. The second kappa shape index (κ2) is 3.53. The molecule has 70 valence electrons. The quantitative estimate of drug-likeness (QED) is 0.477. The molecule has 0 aliphatic heterocycles. The zero-order valence-electron chi connectivity index (χ0n) is 6.34. The average Bonchev–Trinajstić information content (AvgIpc) is 1.98. The molecule has 1 rings (SSSR count). The highest BCUT2D eigenvalue weighted by Gasteiger charge is 2.09. The summed E-state index contributed by atoms with van der Waals surface area (Å²) in [5.41, 5.74) is 5.13. The highest BCUT2D eigenvalue weighted by atomic mass is 32.1. The van der Waals surface area contributed by atoms with Crippen LogP contribution in [-0.2, 0) is 0 Å². The van der Waals surface area contributed by atoms with Crippen LogP contribution in [0.15, 0.2) is 12.1 Å². The van der Waals surface area contributed by atoms with Crippen LogP contribution in [0.4, 0.5) is 14.5 Å². The van der Waals surface area contributed by atoms with Gasteiger partial charge in [0.2, 0.25) is 0 Å². The SMILES string of the molecule is NC(=S)Nc1cc(F)c(O)c(F)c1. The summed E-state index contributed by atoms with van der Waals surface area (Å²) in [6.45, 7) is 0. The first-order chi connectivity index (χ1) is 6.00. The van der Waals surface area contributed by atoms with E-state index in [1.807, 2.05) is 0 Å². The van der Waals surface area contributed by atoms with E-state index in [1.54, 1.807) is 0 Å². The third-order valence-corrected chi connectivity index (χ3v) is 1.39. The first kappa shape index (κ1) is 9.66. The molecule has 0 spiro atoms. The van der Waals surface area contributed by atoms with Crippen molar-refractivity contribution in [2.45, 2.75) is 0 Å². The molecular weight excluding hydrogens is 198 g/mol.